The van der Waals surface area contributed by atoms with E-state index in [9.17, 15) is 0 Å². The first-order valence-corrected chi connectivity index (χ1v) is 5.04. The van der Waals surface area contributed by atoms with Crippen molar-refractivity contribution in [1.29, 1.82) is 0 Å². The molecule has 1 aromatic rings. The van der Waals surface area contributed by atoms with Crippen molar-refractivity contribution in [3.8, 4) is 0 Å². The molecule has 0 aliphatic carbocycles. The summed E-state index contributed by atoms with van der Waals surface area (Å²) >= 11 is 0. The van der Waals surface area contributed by atoms with Crippen LogP contribution < -0.4 is 5.32 Å². The Hall–Kier alpha value is -0.860. The van der Waals surface area contributed by atoms with Gasteiger partial charge in [0.1, 0.15) is 0 Å². The fourth-order valence-electron chi connectivity index (χ4n) is 2.00. The normalized spacial score (nSPS) is 19.0. The van der Waals surface area contributed by atoms with Crippen molar-refractivity contribution in [3.63, 3.8) is 0 Å². The molecule has 1 aliphatic rings. The van der Waals surface area contributed by atoms with Crippen LogP contribution in [-0.2, 0) is 10.2 Å². The smallest absolute Gasteiger partial charge is 0.0583 e. The van der Waals surface area contributed by atoms with E-state index < -0.39 is 0 Å². The van der Waals surface area contributed by atoms with Crippen LogP contribution in [0, 0.1) is 6.92 Å². The first kappa shape index (κ1) is 9.69. The highest BCUT2D eigenvalue weighted by atomic mass is 16.5. The minimum atomic E-state index is 0.225. The number of aryl methyl sites for hydroxylation is 1. The maximum absolute atomic E-state index is 5.29. The largest absolute Gasteiger partial charge is 0.384 e. The molecule has 0 radical (unpaired) electrons. The summed E-state index contributed by atoms with van der Waals surface area (Å²) in [5, 5.41) is 3.32. The second-order valence-corrected chi connectivity index (χ2v) is 4.18. The van der Waals surface area contributed by atoms with Crippen molar-refractivity contribution in [3.05, 3.63) is 35.4 Å². The molecule has 0 atom stereocenters. The maximum Gasteiger partial charge on any atom is 0.0583 e. The molecule has 1 saturated heterocycles. The van der Waals surface area contributed by atoms with Crippen LogP contribution >= 0.6 is 0 Å². The molecule has 0 amide bonds. The Morgan fingerprint density at radius 2 is 1.93 bits per heavy atom. The van der Waals surface area contributed by atoms with E-state index in [-0.39, 0.29) is 5.41 Å². The van der Waals surface area contributed by atoms with Gasteiger partial charge in [0.25, 0.3) is 0 Å². The second-order valence-electron chi connectivity index (χ2n) is 4.18. The van der Waals surface area contributed by atoms with Gasteiger partial charge in [0.2, 0.25) is 0 Å². The van der Waals surface area contributed by atoms with Crippen molar-refractivity contribution in [2.45, 2.75) is 12.3 Å². The SMILES string of the molecule is COCC1(c2ccc(C)cc2)CNC1. The third-order valence-corrected chi connectivity index (χ3v) is 3.01. The lowest BCUT2D eigenvalue weighted by Gasteiger charge is -2.42. The molecule has 0 aromatic heterocycles. The van der Waals surface area contributed by atoms with Crippen LogP contribution in [0.25, 0.3) is 0 Å². The predicted octanol–water partition coefficient (Wildman–Crippen LogP) is 1.48. The number of hydrogen-bond donors (Lipinski definition) is 1. The highest BCUT2D eigenvalue weighted by Crippen LogP contribution is 2.28. The average molecular weight is 191 g/mol. The molecule has 14 heavy (non-hydrogen) atoms. The van der Waals surface area contributed by atoms with Crippen LogP contribution in [0.3, 0.4) is 0 Å². The molecule has 1 aliphatic heterocycles. The first-order valence-electron chi connectivity index (χ1n) is 5.04. The fraction of sp³-hybridized carbons (Fsp3) is 0.500. The zero-order valence-corrected chi connectivity index (χ0v) is 8.84. The number of methoxy groups -OCH3 is 1. The highest BCUT2D eigenvalue weighted by Gasteiger charge is 2.38. The molecule has 1 N–H and O–H groups in total. The van der Waals surface area contributed by atoms with E-state index in [2.05, 4.69) is 36.5 Å². The lowest BCUT2D eigenvalue weighted by atomic mass is 9.76. The zero-order chi connectivity index (χ0) is 10.0. The highest BCUT2D eigenvalue weighted by molar-refractivity contribution is 5.32. The minimum Gasteiger partial charge on any atom is -0.384 e. The van der Waals surface area contributed by atoms with E-state index in [1.54, 1.807) is 7.11 Å². The van der Waals surface area contributed by atoms with Crippen LogP contribution in [0.15, 0.2) is 24.3 Å². The van der Waals surface area contributed by atoms with Gasteiger partial charge in [-0.05, 0) is 12.5 Å². The van der Waals surface area contributed by atoms with Gasteiger partial charge in [-0.25, -0.2) is 0 Å². The molecule has 0 spiro atoms. The van der Waals surface area contributed by atoms with E-state index in [0.29, 0.717) is 0 Å². The Morgan fingerprint density at radius 1 is 1.29 bits per heavy atom. The molecule has 1 heterocycles. The third kappa shape index (κ3) is 1.56. The van der Waals surface area contributed by atoms with E-state index in [0.717, 1.165) is 19.7 Å². The van der Waals surface area contributed by atoms with Gasteiger partial charge in [-0.1, -0.05) is 29.8 Å². The molecular weight excluding hydrogens is 174 g/mol. The Labute approximate surface area is 85.3 Å². The first-order chi connectivity index (χ1) is 6.77. The molecule has 1 aromatic carbocycles. The monoisotopic (exact) mass is 191 g/mol. The van der Waals surface area contributed by atoms with E-state index in [1.165, 1.54) is 11.1 Å². The van der Waals surface area contributed by atoms with Crippen molar-refractivity contribution in [2.75, 3.05) is 26.8 Å². The standard InChI is InChI=1S/C12H17NO/c1-10-3-5-11(6-4-10)12(9-14-2)7-13-8-12/h3-6,13H,7-9H2,1-2H3. The Morgan fingerprint density at radius 3 is 2.36 bits per heavy atom. The maximum atomic E-state index is 5.29. The van der Waals surface area contributed by atoms with Gasteiger partial charge in [0.15, 0.2) is 0 Å². The Balaban J connectivity index is 2.23. The molecule has 76 valence electrons. The lowest BCUT2D eigenvalue weighted by Crippen LogP contribution is -2.59. The summed E-state index contributed by atoms with van der Waals surface area (Å²) in [5.41, 5.74) is 2.93. The zero-order valence-electron chi connectivity index (χ0n) is 8.84. The van der Waals surface area contributed by atoms with Crippen LogP contribution in [-0.4, -0.2) is 26.8 Å². The molecule has 2 nitrogen and oxygen atoms in total. The number of rotatable bonds is 3. The van der Waals surface area contributed by atoms with Crippen molar-refractivity contribution in [2.24, 2.45) is 0 Å². The number of hydrogen-bond acceptors (Lipinski definition) is 2. The fourth-order valence-corrected chi connectivity index (χ4v) is 2.00. The number of benzene rings is 1. The van der Waals surface area contributed by atoms with Crippen LogP contribution in [0.5, 0.6) is 0 Å². The summed E-state index contributed by atoms with van der Waals surface area (Å²) in [6.07, 6.45) is 0. The van der Waals surface area contributed by atoms with E-state index >= 15 is 0 Å². The van der Waals surface area contributed by atoms with Gasteiger partial charge >= 0.3 is 0 Å². The molecule has 0 bridgehead atoms. The predicted molar refractivity (Wildman–Crippen MR) is 57.6 cm³/mol. The van der Waals surface area contributed by atoms with Crippen molar-refractivity contribution >= 4 is 0 Å². The second kappa shape index (κ2) is 3.71. The summed E-state index contributed by atoms with van der Waals surface area (Å²) in [5.74, 6) is 0. The van der Waals surface area contributed by atoms with Gasteiger partial charge in [0, 0.05) is 25.6 Å². The average Bonchev–Trinajstić information content (AvgIpc) is 2.13. The molecular formula is C12H17NO. The summed E-state index contributed by atoms with van der Waals surface area (Å²) in [4.78, 5) is 0. The minimum absolute atomic E-state index is 0.225. The molecule has 2 rings (SSSR count). The molecule has 1 fully saturated rings. The number of ether oxygens (including phenoxy) is 1. The number of nitrogens with one attached hydrogen (secondary N) is 1. The van der Waals surface area contributed by atoms with Gasteiger partial charge in [-0.3, -0.25) is 0 Å². The van der Waals surface area contributed by atoms with Crippen molar-refractivity contribution < 1.29 is 4.74 Å². The van der Waals surface area contributed by atoms with E-state index in [1.807, 2.05) is 0 Å². The quantitative estimate of drug-likeness (QED) is 0.781. The summed E-state index contributed by atoms with van der Waals surface area (Å²) in [6, 6.07) is 8.78. The van der Waals surface area contributed by atoms with Gasteiger partial charge in [-0.15, -0.1) is 0 Å². The summed E-state index contributed by atoms with van der Waals surface area (Å²) < 4.78 is 5.29. The van der Waals surface area contributed by atoms with Gasteiger partial charge in [-0.2, -0.15) is 0 Å². The van der Waals surface area contributed by atoms with Crippen LogP contribution in [0.4, 0.5) is 0 Å². The van der Waals surface area contributed by atoms with Crippen LogP contribution in [0.2, 0.25) is 0 Å². The molecule has 0 saturated carbocycles. The van der Waals surface area contributed by atoms with E-state index in [4.69, 9.17) is 4.74 Å². The van der Waals surface area contributed by atoms with Gasteiger partial charge in [0.05, 0.1) is 6.61 Å². The van der Waals surface area contributed by atoms with Crippen LogP contribution in [0.1, 0.15) is 11.1 Å². The molecule has 0 unspecified atom stereocenters. The Kier molecular flexibility index (Phi) is 2.57. The van der Waals surface area contributed by atoms with Crippen molar-refractivity contribution in [1.82, 2.24) is 5.32 Å². The summed E-state index contributed by atoms with van der Waals surface area (Å²) in [6.45, 7) is 4.99. The Bertz CT molecular complexity index is 301. The topological polar surface area (TPSA) is 21.3 Å². The lowest BCUT2D eigenvalue weighted by molar-refractivity contribution is 0.0947. The summed E-state index contributed by atoms with van der Waals surface area (Å²) in [7, 11) is 1.77. The third-order valence-electron chi connectivity index (χ3n) is 3.01. The molecule has 2 heteroatoms. The van der Waals surface area contributed by atoms with Gasteiger partial charge < -0.3 is 10.1 Å².